The average molecular weight is 270 g/mol. The van der Waals surface area contributed by atoms with Gasteiger partial charge in [-0.05, 0) is 39.5 Å². The summed E-state index contributed by atoms with van der Waals surface area (Å²) in [5.41, 5.74) is 1.25. The van der Waals surface area contributed by atoms with Crippen molar-refractivity contribution in [2.75, 3.05) is 26.4 Å². The molecule has 0 heterocycles. The quantitative estimate of drug-likeness (QED) is 0.819. The Balaban J connectivity index is 2.44. The summed E-state index contributed by atoms with van der Waals surface area (Å²) in [7, 11) is 0.385. The highest BCUT2D eigenvalue weighted by atomic mass is 32.2. The molecule has 18 heavy (non-hydrogen) atoms. The molecule has 0 amide bonds. The van der Waals surface area contributed by atoms with E-state index in [1.807, 2.05) is 25.2 Å². The van der Waals surface area contributed by atoms with Crippen molar-refractivity contribution < 1.29 is 8.42 Å². The third kappa shape index (κ3) is 4.76. The van der Waals surface area contributed by atoms with E-state index >= 15 is 0 Å². The number of benzene rings is 1. The molecule has 1 aromatic rings. The van der Waals surface area contributed by atoms with Crippen LogP contribution in [0.15, 0.2) is 30.3 Å². The van der Waals surface area contributed by atoms with Gasteiger partial charge in [0.15, 0.2) is 0 Å². The molecule has 102 valence electrons. The predicted octanol–water partition coefficient (Wildman–Crippen LogP) is 1.62. The van der Waals surface area contributed by atoms with Gasteiger partial charge in [0, 0.05) is 6.04 Å². The van der Waals surface area contributed by atoms with Crippen molar-refractivity contribution in [2.24, 2.45) is 0 Å². The second-order valence-corrected chi connectivity index (χ2v) is 6.49. The van der Waals surface area contributed by atoms with Crippen molar-refractivity contribution in [3.8, 4) is 0 Å². The molecule has 0 unspecified atom stereocenters. The van der Waals surface area contributed by atoms with Crippen LogP contribution in [0.25, 0.3) is 0 Å². The molecule has 0 aliphatic carbocycles. The van der Waals surface area contributed by atoms with E-state index in [4.69, 9.17) is 0 Å². The van der Waals surface area contributed by atoms with Crippen molar-refractivity contribution in [3.05, 3.63) is 35.9 Å². The molecular formula is C13H22N2O2S. The van der Waals surface area contributed by atoms with Crippen molar-refractivity contribution in [1.82, 2.24) is 9.62 Å². The number of nitrogens with zero attached hydrogens (tertiary/aromatic N) is 1. The Bertz CT molecular complexity index is 445. The lowest BCUT2D eigenvalue weighted by Gasteiger charge is -2.24. The van der Waals surface area contributed by atoms with Gasteiger partial charge < -0.3 is 0 Å². The standard InChI is InChI=1S/C13H22N2O2S/c1-12(13-8-5-4-6-9-13)15(3)10-7-11-18(16,17)14-2/h4-6,8-9,12,14H,7,10-11H2,1-3H3/t12-/m0/s1. The van der Waals surface area contributed by atoms with Gasteiger partial charge in [0.05, 0.1) is 5.75 Å². The maximum atomic E-state index is 11.3. The third-order valence-electron chi connectivity index (χ3n) is 3.18. The lowest BCUT2D eigenvalue weighted by atomic mass is 10.1. The number of hydrogen-bond acceptors (Lipinski definition) is 3. The summed E-state index contributed by atoms with van der Waals surface area (Å²) >= 11 is 0. The minimum Gasteiger partial charge on any atom is -0.300 e. The minimum atomic E-state index is -3.08. The first-order chi connectivity index (χ1) is 8.46. The first kappa shape index (κ1) is 15.1. The van der Waals surface area contributed by atoms with E-state index in [1.165, 1.54) is 12.6 Å². The van der Waals surface area contributed by atoms with Crippen molar-refractivity contribution in [1.29, 1.82) is 0 Å². The Kier molecular flexibility index (Phi) is 5.78. The van der Waals surface area contributed by atoms with E-state index in [0.717, 1.165) is 6.54 Å². The highest BCUT2D eigenvalue weighted by Gasteiger charge is 2.12. The molecule has 5 heteroatoms. The fourth-order valence-electron chi connectivity index (χ4n) is 1.79. The van der Waals surface area contributed by atoms with Crippen LogP contribution in [0.5, 0.6) is 0 Å². The third-order valence-corrected chi connectivity index (χ3v) is 4.63. The number of nitrogens with one attached hydrogen (secondary N) is 1. The predicted molar refractivity (Wildman–Crippen MR) is 75.0 cm³/mol. The number of hydrogen-bond donors (Lipinski definition) is 1. The summed E-state index contributed by atoms with van der Waals surface area (Å²) in [5, 5.41) is 0. The molecule has 1 aromatic carbocycles. The molecule has 0 radical (unpaired) electrons. The van der Waals surface area contributed by atoms with Crippen molar-refractivity contribution in [3.63, 3.8) is 0 Å². The van der Waals surface area contributed by atoms with Crippen LogP contribution < -0.4 is 4.72 Å². The van der Waals surface area contributed by atoms with E-state index in [-0.39, 0.29) is 5.75 Å². The van der Waals surface area contributed by atoms with E-state index < -0.39 is 10.0 Å². The van der Waals surface area contributed by atoms with E-state index in [1.54, 1.807) is 0 Å². The molecule has 0 saturated heterocycles. The molecule has 0 aromatic heterocycles. The van der Waals surface area contributed by atoms with Crippen LogP contribution in [0.4, 0.5) is 0 Å². The Morgan fingerprint density at radius 2 is 1.89 bits per heavy atom. The van der Waals surface area contributed by atoms with Crippen LogP contribution in [0.1, 0.15) is 24.9 Å². The number of sulfonamides is 1. The maximum Gasteiger partial charge on any atom is 0.211 e. The summed E-state index contributed by atoms with van der Waals surface area (Å²) < 4.78 is 24.9. The van der Waals surface area contributed by atoms with Gasteiger partial charge in [-0.1, -0.05) is 30.3 Å². The first-order valence-electron chi connectivity index (χ1n) is 6.12. The molecule has 0 aliphatic rings. The molecular weight excluding hydrogens is 248 g/mol. The van der Waals surface area contributed by atoms with Crippen molar-refractivity contribution >= 4 is 10.0 Å². The normalized spacial score (nSPS) is 13.8. The smallest absolute Gasteiger partial charge is 0.211 e. The highest BCUT2D eigenvalue weighted by molar-refractivity contribution is 7.89. The zero-order valence-electron chi connectivity index (χ0n) is 11.3. The van der Waals surface area contributed by atoms with Crippen LogP contribution in [-0.4, -0.2) is 39.7 Å². The van der Waals surface area contributed by atoms with Gasteiger partial charge in [-0.3, -0.25) is 4.90 Å². The van der Waals surface area contributed by atoms with Crippen LogP contribution in [0.3, 0.4) is 0 Å². The van der Waals surface area contributed by atoms with Gasteiger partial charge >= 0.3 is 0 Å². The molecule has 4 nitrogen and oxygen atoms in total. The van der Waals surface area contributed by atoms with E-state index in [9.17, 15) is 8.42 Å². The van der Waals surface area contributed by atoms with Crippen LogP contribution in [0.2, 0.25) is 0 Å². The van der Waals surface area contributed by atoms with E-state index in [2.05, 4.69) is 28.7 Å². The molecule has 1 rings (SSSR count). The summed E-state index contributed by atoms with van der Waals surface area (Å²) in [4.78, 5) is 2.17. The summed E-state index contributed by atoms with van der Waals surface area (Å²) in [6.07, 6.45) is 0.636. The zero-order valence-corrected chi connectivity index (χ0v) is 12.1. The fourth-order valence-corrected chi connectivity index (χ4v) is 2.50. The number of rotatable bonds is 7. The molecule has 0 saturated carbocycles. The highest BCUT2D eigenvalue weighted by Crippen LogP contribution is 2.17. The van der Waals surface area contributed by atoms with Gasteiger partial charge in [-0.25, -0.2) is 13.1 Å². The van der Waals surface area contributed by atoms with Gasteiger partial charge in [0.25, 0.3) is 0 Å². The second kappa shape index (κ2) is 6.87. The molecule has 1 atom stereocenters. The largest absolute Gasteiger partial charge is 0.300 e. The van der Waals surface area contributed by atoms with Crippen molar-refractivity contribution in [2.45, 2.75) is 19.4 Å². The Morgan fingerprint density at radius 3 is 2.44 bits per heavy atom. The molecule has 0 fully saturated rings. The fraction of sp³-hybridized carbons (Fsp3) is 0.538. The second-order valence-electron chi connectivity index (χ2n) is 4.44. The van der Waals surface area contributed by atoms with Crippen LogP contribution in [0, 0.1) is 0 Å². The SMILES string of the molecule is CNS(=O)(=O)CCCN(C)[C@@H](C)c1ccccc1. The Hall–Kier alpha value is -0.910. The molecule has 0 aliphatic heterocycles. The first-order valence-corrected chi connectivity index (χ1v) is 7.78. The Labute approximate surface area is 110 Å². The summed E-state index contributed by atoms with van der Waals surface area (Å²) in [6.45, 7) is 2.89. The monoisotopic (exact) mass is 270 g/mol. The van der Waals surface area contributed by atoms with Gasteiger partial charge in [-0.15, -0.1) is 0 Å². The summed E-state index contributed by atoms with van der Waals surface area (Å²) in [6, 6.07) is 10.5. The molecule has 0 spiro atoms. The lowest BCUT2D eigenvalue weighted by Crippen LogP contribution is -2.28. The van der Waals surface area contributed by atoms with Gasteiger partial charge in [0.2, 0.25) is 10.0 Å². The molecule has 0 bridgehead atoms. The average Bonchev–Trinajstić information content (AvgIpc) is 2.38. The summed E-state index contributed by atoms with van der Waals surface area (Å²) in [5.74, 6) is 0.176. The molecule has 1 N–H and O–H groups in total. The van der Waals surface area contributed by atoms with Gasteiger partial charge in [0.1, 0.15) is 0 Å². The van der Waals surface area contributed by atoms with Crippen LogP contribution in [-0.2, 0) is 10.0 Å². The maximum absolute atomic E-state index is 11.3. The lowest BCUT2D eigenvalue weighted by molar-refractivity contribution is 0.262. The Morgan fingerprint density at radius 1 is 1.28 bits per heavy atom. The van der Waals surface area contributed by atoms with Crippen LogP contribution >= 0.6 is 0 Å². The topological polar surface area (TPSA) is 49.4 Å². The van der Waals surface area contributed by atoms with E-state index in [0.29, 0.717) is 12.5 Å². The minimum absolute atomic E-state index is 0.176. The van der Waals surface area contributed by atoms with Gasteiger partial charge in [-0.2, -0.15) is 0 Å². The zero-order chi connectivity index (χ0) is 13.6.